The average Bonchev–Trinajstić information content (AvgIpc) is 2.57. The Balaban J connectivity index is 2.64. The van der Waals surface area contributed by atoms with Gasteiger partial charge in [0.2, 0.25) is 0 Å². The van der Waals surface area contributed by atoms with E-state index in [4.69, 9.17) is 4.42 Å². The van der Waals surface area contributed by atoms with Crippen LogP contribution < -0.4 is 0 Å². The Bertz CT molecular complexity index is 393. The molecule has 1 heterocycles. The molecule has 0 bridgehead atoms. The standard InChI is InChI=1S/C9H5BrFNO/c10-6-2-1-3-7(11)9(6)8-4-12-5-13-8/h1-5H. The molecule has 2 aromatic rings. The van der Waals surface area contributed by atoms with Crippen LogP contribution in [0, 0.1) is 5.82 Å². The van der Waals surface area contributed by atoms with Gasteiger partial charge >= 0.3 is 0 Å². The van der Waals surface area contributed by atoms with Gasteiger partial charge in [0.25, 0.3) is 0 Å². The van der Waals surface area contributed by atoms with E-state index >= 15 is 0 Å². The van der Waals surface area contributed by atoms with Crippen molar-refractivity contribution in [1.82, 2.24) is 4.98 Å². The Labute approximate surface area is 82.5 Å². The summed E-state index contributed by atoms with van der Waals surface area (Å²) >= 11 is 3.24. The first-order chi connectivity index (χ1) is 6.29. The lowest BCUT2D eigenvalue weighted by atomic mass is 10.2. The highest BCUT2D eigenvalue weighted by atomic mass is 79.9. The number of hydrogen-bond donors (Lipinski definition) is 0. The van der Waals surface area contributed by atoms with Crippen LogP contribution in [0.3, 0.4) is 0 Å². The highest BCUT2D eigenvalue weighted by Gasteiger charge is 2.11. The first-order valence-electron chi connectivity index (χ1n) is 3.62. The summed E-state index contributed by atoms with van der Waals surface area (Å²) in [6.45, 7) is 0. The first kappa shape index (κ1) is 8.44. The monoisotopic (exact) mass is 241 g/mol. The van der Waals surface area contributed by atoms with Crippen LogP contribution in [0.4, 0.5) is 4.39 Å². The van der Waals surface area contributed by atoms with E-state index in [1.807, 2.05) is 0 Å². The fraction of sp³-hybridized carbons (Fsp3) is 0. The third-order valence-corrected chi connectivity index (χ3v) is 2.30. The largest absolute Gasteiger partial charge is 0.443 e. The maximum Gasteiger partial charge on any atom is 0.181 e. The molecule has 0 saturated carbocycles. The van der Waals surface area contributed by atoms with Crippen molar-refractivity contribution in [2.45, 2.75) is 0 Å². The fourth-order valence-corrected chi connectivity index (χ4v) is 1.61. The van der Waals surface area contributed by atoms with E-state index in [0.717, 1.165) is 0 Å². The second-order valence-corrected chi connectivity index (χ2v) is 3.32. The minimum atomic E-state index is -0.328. The Hall–Kier alpha value is -1.16. The SMILES string of the molecule is Fc1cccc(Br)c1-c1cnco1. The van der Waals surface area contributed by atoms with Gasteiger partial charge in [0, 0.05) is 4.47 Å². The summed E-state index contributed by atoms with van der Waals surface area (Å²) in [4.78, 5) is 3.73. The molecule has 13 heavy (non-hydrogen) atoms. The predicted molar refractivity (Wildman–Crippen MR) is 49.6 cm³/mol. The number of oxazole rings is 1. The van der Waals surface area contributed by atoms with Gasteiger partial charge in [0.05, 0.1) is 11.8 Å². The third kappa shape index (κ3) is 1.49. The Morgan fingerprint density at radius 3 is 2.85 bits per heavy atom. The normalized spacial score (nSPS) is 10.3. The van der Waals surface area contributed by atoms with Crippen LogP contribution in [0.1, 0.15) is 0 Å². The average molecular weight is 242 g/mol. The number of benzene rings is 1. The molecule has 2 nitrogen and oxygen atoms in total. The van der Waals surface area contributed by atoms with Crippen molar-refractivity contribution in [3.8, 4) is 11.3 Å². The van der Waals surface area contributed by atoms with E-state index in [0.29, 0.717) is 15.8 Å². The van der Waals surface area contributed by atoms with E-state index in [1.165, 1.54) is 18.7 Å². The molecular formula is C9H5BrFNO. The smallest absolute Gasteiger partial charge is 0.181 e. The van der Waals surface area contributed by atoms with Crippen molar-refractivity contribution in [1.29, 1.82) is 0 Å². The number of nitrogens with zero attached hydrogens (tertiary/aromatic N) is 1. The van der Waals surface area contributed by atoms with Crippen LogP contribution in [0.15, 0.2) is 39.7 Å². The summed E-state index contributed by atoms with van der Waals surface area (Å²) in [6.07, 6.45) is 2.75. The van der Waals surface area contributed by atoms with Gasteiger partial charge in [-0.2, -0.15) is 0 Å². The second kappa shape index (κ2) is 3.30. The molecule has 0 unspecified atom stereocenters. The third-order valence-electron chi connectivity index (χ3n) is 1.64. The predicted octanol–water partition coefficient (Wildman–Crippen LogP) is 3.24. The number of rotatable bonds is 1. The second-order valence-electron chi connectivity index (χ2n) is 2.46. The van der Waals surface area contributed by atoms with E-state index in [2.05, 4.69) is 20.9 Å². The number of aromatic nitrogens is 1. The zero-order valence-corrected chi connectivity index (χ0v) is 8.08. The van der Waals surface area contributed by atoms with Crippen molar-refractivity contribution in [3.05, 3.63) is 41.1 Å². The van der Waals surface area contributed by atoms with Crippen molar-refractivity contribution >= 4 is 15.9 Å². The van der Waals surface area contributed by atoms with E-state index in [-0.39, 0.29) is 5.82 Å². The lowest BCUT2D eigenvalue weighted by Crippen LogP contribution is -1.83. The summed E-state index contributed by atoms with van der Waals surface area (Å²) in [5.74, 6) is 0.0936. The molecule has 66 valence electrons. The molecule has 4 heteroatoms. The molecule has 1 aromatic carbocycles. The molecule has 0 fully saturated rings. The Kier molecular flexibility index (Phi) is 2.14. The summed E-state index contributed by atoms with van der Waals surface area (Å²) in [7, 11) is 0. The molecule has 0 radical (unpaired) electrons. The van der Waals surface area contributed by atoms with Crippen LogP contribution in [0.25, 0.3) is 11.3 Å². The maximum absolute atomic E-state index is 13.3. The van der Waals surface area contributed by atoms with E-state index in [9.17, 15) is 4.39 Å². The molecule has 0 N–H and O–H groups in total. The van der Waals surface area contributed by atoms with Crippen LogP contribution >= 0.6 is 15.9 Å². The van der Waals surface area contributed by atoms with Gasteiger partial charge in [-0.25, -0.2) is 9.37 Å². The van der Waals surface area contributed by atoms with Gasteiger partial charge in [0.1, 0.15) is 5.82 Å². The summed E-state index contributed by atoms with van der Waals surface area (Å²) in [6, 6.07) is 4.75. The molecular weight excluding hydrogens is 237 g/mol. The van der Waals surface area contributed by atoms with Gasteiger partial charge in [0.15, 0.2) is 12.2 Å². The Morgan fingerprint density at radius 1 is 1.38 bits per heavy atom. The van der Waals surface area contributed by atoms with Gasteiger partial charge in [-0.1, -0.05) is 6.07 Å². The molecule has 0 aliphatic rings. The lowest BCUT2D eigenvalue weighted by molar-refractivity contribution is 0.561. The zero-order valence-electron chi connectivity index (χ0n) is 6.50. The van der Waals surface area contributed by atoms with Crippen molar-refractivity contribution in [3.63, 3.8) is 0 Å². The molecule has 2 rings (SSSR count). The van der Waals surface area contributed by atoms with Gasteiger partial charge < -0.3 is 4.42 Å². The zero-order chi connectivity index (χ0) is 9.26. The van der Waals surface area contributed by atoms with Crippen molar-refractivity contribution in [2.24, 2.45) is 0 Å². The van der Waals surface area contributed by atoms with Crippen LogP contribution in [-0.4, -0.2) is 4.98 Å². The van der Waals surface area contributed by atoms with Crippen LogP contribution in [0.2, 0.25) is 0 Å². The fourth-order valence-electron chi connectivity index (χ4n) is 1.07. The molecule has 0 amide bonds. The first-order valence-corrected chi connectivity index (χ1v) is 4.41. The lowest BCUT2D eigenvalue weighted by Gasteiger charge is -2.00. The highest BCUT2D eigenvalue weighted by molar-refractivity contribution is 9.10. The Morgan fingerprint density at radius 2 is 2.23 bits per heavy atom. The molecule has 0 atom stereocenters. The quantitative estimate of drug-likeness (QED) is 0.767. The molecule has 0 spiro atoms. The van der Waals surface area contributed by atoms with Gasteiger partial charge in [-0.05, 0) is 28.1 Å². The highest BCUT2D eigenvalue weighted by Crippen LogP contribution is 2.30. The van der Waals surface area contributed by atoms with Crippen molar-refractivity contribution < 1.29 is 8.81 Å². The van der Waals surface area contributed by atoms with Crippen LogP contribution in [-0.2, 0) is 0 Å². The van der Waals surface area contributed by atoms with E-state index < -0.39 is 0 Å². The van der Waals surface area contributed by atoms with E-state index in [1.54, 1.807) is 12.1 Å². The number of hydrogen-bond acceptors (Lipinski definition) is 2. The van der Waals surface area contributed by atoms with Crippen LogP contribution in [0.5, 0.6) is 0 Å². The molecule has 0 aliphatic heterocycles. The van der Waals surface area contributed by atoms with Gasteiger partial charge in [-0.15, -0.1) is 0 Å². The summed E-state index contributed by atoms with van der Waals surface area (Å²) < 4.78 is 19.0. The van der Waals surface area contributed by atoms with Crippen molar-refractivity contribution in [2.75, 3.05) is 0 Å². The molecule has 0 saturated heterocycles. The minimum absolute atomic E-state index is 0.328. The maximum atomic E-state index is 13.3. The summed E-state index contributed by atoms with van der Waals surface area (Å²) in [5, 5.41) is 0. The number of halogens is 2. The minimum Gasteiger partial charge on any atom is -0.443 e. The molecule has 0 aliphatic carbocycles. The summed E-state index contributed by atoms with van der Waals surface area (Å²) in [5.41, 5.74) is 0.403. The molecule has 1 aromatic heterocycles. The van der Waals surface area contributed by atoms with Gasteiger partial charge in [-0.3, -0.25) is 0 Å². The topological polar surface area (TPSA) is 26.0 Å².